The number of hydrogen-bond donors (Lipinski definition) is 2. The number of aromatic nitrogens is 2. The Balaban J connectivity index is 1.70. The highest BCUT2D eigenvalue weighted by Crippen LogP contribution is 2.28. The van der Waals surface area contributed by atoms with Gasteiger partial charge in [0.15, 0.2) is 11.4 Å². The van der Waals surface area contributed by atoms with E-state index in [-0.39, 0.29) is 29.7 Å². The van der Waals surface area contributed by atoms with Crippen LogP contribution in [0, 0.1) is 5.82 Å². The van der Waals surface area contributed by atoms with Gasteiger partial charge in [0.05, 0.1) is 17.3 Å². The smallest absolute Gasteiger partial charge is 0.274 e. The third-order valence-electron chi connectivity index (χ3n) is 5.82. The fourth-order valence-electron chi connectivity index (χ4n) is 4.15. The molecule has 0 spiro atoms. The molecule has 0 bridgehead atoms. The van der Waals surface area contributed by atoms with Gasteiger partial charge in [0.25, 0.3) is 5.91 Å². The van der Waals surface area contributed by atoms with Crippen molar-refractivity contribution in [1.82, 2.24) is 19.9 Å². The number of fused-ring (bicyclic) bond motifs is 1. The van der Waals surface area contributed by atoms with Crippen LogP contribution >= 0.6 is 11.6 Å². The first kappa shape index (κ1) is 23.6. The van der Waals surface area contributed by atoms with Crippen LogP contribution in [0.1, 0.15) is 52.8 Å². The molecule has 0 saturated heterocycles. The Morgan fingerprint density at radius 2 is 2.09 bits per heavy atom. The van der Waals surface area contributed by atoms with E-state index in [4.69, 9.17) is 16.1 Å². The molecule has 8 nitrogen and oxygen atoms in total. The van der Waals surface area contributed by atoms with Crippen molar-refractivity contribution in [3.05, 3.63) is 86.4 Å². The van der Waals surface area contributed by atoms with Crippen molar-refractivity contribution in [1.29, 1.82) is 0 Å². The number of pyridine rings is 1. The standard InChI is InChI=1S/C24H24ClFN4O4/c1-13(2)20-19(11-27-14(3)18-6-9-34-28-18)30-8-7-29(24(33)21(30)23(32)22(20)31)12-15-4-5-17(26)16(25)10-15/h4-6,9-10,13,27,32H,3,7-8,11-12H2,1-2H3. The lowest BCUT2D eigenvalue weighted by atomic mass is 9.97. The van der Waals surface area contributed by atoms with Gasteiger partial charge in [-0.15, -0.1) is 0 Å². The third-order valence-corrected chi connectivity index (χ3v) is 6.11. The maximum atomic E-state index is 13.5. The summed E-state index contributed by atoms with van der Waals surface area (Å²) in [4.78, 5) is 27.9. The molecule has 0 saturated carbocycles. The molecular weight excluding hydrogens is 463 g/mol. The van der Waals surface area contributed by atoms with Crippen molar-refractivity contribution in [2.75, 3.05) is 6.54 Å². The van der Waals surface area contributed by atoms with Crippen LogP contribution in [-0.4, -0.2) is 32.2 Å². The van der Waals surface area contributed by atoms with E-state index in [0.717, 1.165) is 0 Å². The van der Waals surface area contributed by atoms with Gasteiger partial charge in [0.2, 0.25) is 5.43 Å². The van der Waals surface area contributed by atoms with E-state index in [9.17, 15) is 19.1 Å². The molecule has 10 heteroatoms. The summed E-state index contributed by atoms with van der Waals surface area (Å²) < 4.78 is 20.0. The summed E-state index contributed by atoms with van der Waals surface area (Å²) in [5, 5.41) is 17.7. The average Bonchev–Trinajstić information content (AvgIpc) is 3.33. The largest absolute Gasteiger partial charge is 0.503 e. The van der Waals surface area contributed by atoms with E-state index >= 15 is 0 Å². The van der Waals surface area contributed by atoms with Gasteiger partial charge in [-0.3, -0.25) is 9.59 Å². The van der Waals surface area contributed by atoms with Crippen LogP contribution in [-0.2, 0) is 19.6 Å². The molecule has 1 aromatic carbocycles. The van der Waals surface area contributed by atoms with Crippen molar-refractivity contribution in [2.24, 2.45) is 0 Å². The van der Waals surface area contributed by atoms with Gasteiger partial charge in [-0.05, 0) is 23.6 Å². The minimum atomic E-state index is -0.579. The van der Waals surface area contributed by atoms with Crippen LogP contribution in [0.2, 0.25) is 5.02 Å². The number of nitrogens with one attached hydrogen (secondary N) is 1. The highest BCUT2D eigenvalue weighted by molar-refractivity contribution is 6.30. The second kappa shape index (κ2) is 9.34. The molecule has 1 aliphatic heterocycles. The Labute approximate surface area is 200 Å². The Morgan fingerprint density at radius 1 is 1.32 bits per heavy atom. The van der Waals surface area contributed by atoms with Crippen LogP contribution in [0.5, 0.6) is 5.75 Å². The first-order chi connectivity index (χ1) is 16.2. The number of halogens is 2. The molecule has 0 unspecified atom stereocenters. The molecule has 34 heavy (non-hydrogen) atoms. The molecular formula is C24H24ClFN4O4. The van der Waals surface area contributed by atoms with Crippen LogP contribution in [0.3, 0.4) is 0 Å². The van der Waals surface area contributed by atoms with E-state index in [1.54, 1.807) is 16.7 Å². The van der Waals surface area contributed by atoms with Gasteiger partial charge in [-0.25, -0.2) is 4.39 Å². The van der Waals surface area contributed by atoms with Crippen molar-refractivity contribution in [3.63, 3.8) is 0 Å². The highest BCUT2D eigenvalue weighted by Gasteiger charge is 2.33. The van der Waals surface area contributed by atoms with E-state index in [1.807, 2.05) is 13.8 Å². The predicted molar refractivity (Wildman–Crippen MR) is 125 cm³/mol. The monoisotopic (exact) mass is 486 g/mol. The zero-order chi connectivity index (χ0) is 24.6. The molecule has 3 heterocycles. The summed E-state index contributed by atoms with van der Waals surface area (Å²) in [6, 6.07) is 5.89. The van der Waals surface area contributed by atoms with Crippen LogP contribution in [0.25, 0.3) is 5.70 Å². The second-order valence-corrected chi connectivity index (χ2v) is 8.79. The quantitative estimate of drug-likeness (QED) is 0.525. The fourth-order valence-corrected chi connectivity index (χ4v) is 4.36. The summed E-state index contributed by atoms with van der Waals surface area (Å²) in [6.07, 6.45) is 1.43. The number of benzene rings is 1. The molecule has 0 atom stereocenters. The van der Waals surface area contributed by atoms with Gasteiger partial charge in [0.1, 0.15) is 17.8 Å². The topological polar surface area (TPSA) is 101 Å². The molecule has 0 aliphatic carbocycles. The predicted octanol–water partition coefficient (Wildman–Crippen LogP) is 3.87. The number of nitrogens with zero attached hydrogens (tertiary/aromatic N) is 3. The summed E-state index contributed by atoms with van der Waals surface area (Å²) in [7, 11) is 0. The molecule has 178 valence electrons. The minimum Gasteiger partial charge on any atom is -0.503 e. The zero-order valence-electron chi connectivity index (χ0n) is 18.8. The fraction of sp³-hybridized carbons (Fsp3) is 0.292. The van der Waals surface area contributed by atoms with Crippen LogP contribution < -0.4 is 10.7 Å². The second-order valence-electron chi connectivity index (χ2n) is 8.39. The van der Waals surface area contributed by atoms with E-state index in [0.29, 0.717) is 41.3 Å². The van der Waals surface area contributed by atoms with Gasteiger partial charge < -0.3 is 24.4 Å². The van der Waals surface area contributed by atoms with Crippen LogP contribution in [0.15, 0.2) is 46.4 Å². The summed E-state index contributed by atoms with van der Waals surface area (Å²) in [5.74, 6) is -1.80. The first-order valence-electron chi connectivity index (χ1n) is 10.7. The molecule has 2 N–H and O–H groups in total. The maximum Gasteiger partial charge on any atom is 0.274 e. The van der Waals surface area contributed by atoms with E-state index in [2.05, 4.69) is 17.1 Å². The molecule has 0 radical (unpaired) electrons. The van der Waals surface area contributed by atoms with E-state index < -0.39 is 22.9 Å². The number of amides is 1. The molecule has 4 rings (SSSR count). The summed E-state index contributed by atoms with van der Waals surface area (Å²) in [5.41, 5.74) is 2.02. The summed E-state index contributed by atoms with van der Waals surface area (Å²) >= 11 is 5.87. The van der Waals surface area contributed by atoms with Gasteiger partial charge in [-0.1, -0.05) is 43.3 Å². The maximum absolute atomic E-state index is 13.5. The van der Waals surface area contributed by atoms with Crippen molar-refractivity contribution in [2.45, 2.75) is 39.4 Å². The Hall–Kier alpha value is -3.59. The number of hydrogen-bond acceptors (Lipinski definition) is 6. The normalized spacial score (nSPS) is 13.3. The lowest BCUT2D eigenvalue weighted by Crippen LogP contribution is -2.43. The number of carbonyl (C=O) groups excluding carboxylic acids is 1. The van der Waals surface area contributed by atoms with Crippen molar-refractivity contribution in [3.8, 4) is 5.75 Å². The molecule has 1 aliphatic rings. The molecule has 1 amide bonds. The lowest BCUT2D eigenvalue weighted by molar-refractivity contribution is 0.0680. The summed E-state index contributed by atoms with van der Waals surface area (Å²) in [6.45, 7) is 8.70. The number of rotatable bonds is 7. The molecule has 0 fully saturated rings. The first-order valence-corrected chi connectivity index (χ1v) is 11.1. The SMILES string of the molecule is C=C(NCc1c(C(C)C)c(=O)c(O)c2n1CCN(Cc1ccc(F)c(Cl)c1)C2=O)c1ccon1. The number of carbonyl (C=O) groups is 1. The van der Waals surface area contributed by atoms with Crippen molar-refractivity contribution < 1.29 is 18.8 Å². The third kappa shape index (κ3) is 4.31. The van der Waals surface area contributed by atoms with E-state index in [1.165, 1.54) is 23.3 Å². The number of aromatic hydroxyl groups is 1. The van der Waals surface area contributed by atoms with Crippen molar-refractivity contribution >= 4 is 23.2 Å². The van der Waals surface area contributed by atoms with Gasteiger partial charge in [-0.2, -0.15) is 0 Å². The van der Waals surface area contributed by atoms with Gasteiger partial charge >= 0.3 is 0 Å². The van der Waals surface area contributed by atoms with Gasteiger partial charge in [0, 0.05) is 37.0 Å². The Bertz CT molecular complexity index is 1320. The average molecular weight is 487 g/mol. The molecule has 2 aromatic heterocycles. The Kier molecular flexibility index (Phi) is 6.47. The van der Waals surface area contributed by atoms with Crippen LogP contribution in [0.4, 0.5) is 4.39 Å². The highest BCUT2D eigenvalue weighted by atomic mass is 35.5. The lowest BCUT2D eigenvalue weighted by Gasteiger charge is -2.33. The molecule has 3 aromatic rings. The zero-order valence-corrected chi connectivity index (χ0v) is 19.5. The minimum absolute atomic E-state index is 0.0382. The Morgan fingerprint density at radius 3 is 2.74 bits per heavy atom.